The normalized spacial score (nSPS) is 22.2. The fourth-order valence-corrected chi connectivity index (χ4v) is 4.69. The maximum Gasteiger partial charge on any atom is 0.326 e. The Morgan fingerprint density at radius 1 is 1.06 bits per heavy atom. The highest BCUT2D eigenvalue weighted by molar-refractivity contribution is 5.42. The van der Waals surface area contributed by atoms with Crippen LogP contribution in [-0.2, 0) is 0 Å². The van der Waals surface area contributed by atoms with Crippen molar-refractivity contribution in [2.75, 3.05) is 23.3 Å². The minimum atomic E-state index is -0.794. The number of nitrogens with zero attached hydrogens (tertiary/aromatic N) is 6. The van der Waals surface area contributed by atoms with Gasteiger partial charge < -0.3 is 15.0 Å². The van der Waals surface area contributed by atoms with Gasteiger partial charge in [-0.2, -0.15) is 9.67 Å². The molecule has 2 fully saturated rings. The molecule has 0 radical (unpaired) electrons. The van der Waals surface area contributed by atoms with Gasteiger partial charge in [0.05, 0.1) is 6.20 Å². The Hall–Kier alpha value is -3.63. The minimum absolute atomic E-state index is 0.103. The number of hydrogen-bond acceptors (Lipinski definition) is 7. The van der Waals surface area contributed by atoms with Crippen LogP contribution in [-0.4, -0.2) is 43.9 Å². The molecule has 1 aliphatic carbocycles. The summed E-state index contributed by atoms with van der Waals surface area (Å²) in [5.41, 5.74) is 0.925. The van der Waals surface area contributed by atoms with Crippen LogP contribution in [0.15, 0.2) is 36.9 Å². The van der Waals surface area contributed by atoms with Crippen LogP contribution in [0, 0.1) is 30.4 Å². The van der Waals surface area contributed by atoms with Crippen LogP contribution in [0.3, 0.4) is 0 Å². The largest absolute Gasteiger partial charge is 0.424 e. The molecule has 1 N–H and O–H groups in total. The van der Waals surface area contributed by atoms with E-state index >= 15 is 0 Å². The highest BCUT2D eigenvalue weighted by Gasteiger charge is 2.43. The summed E-state index contributed by atoms with van der Waals surface area (Å²) in [7, 11) is 0. The average Bonchev–Trinajstić information content (AvgIpc) is 3.22. The van der Waals surface area contributed by atoms with Crippen molar-refractivity contribution in [2.45, 2.75) is 25.8 Å². The number of rotatable bonds is 6. The quantitative estimate of drug-likeness (QED) is 0.595. The Labute approximate surface area is 188 Å². The average molecular weight is 457 g/mol. The molecule has 2 aromatic heterocycles. The second-order valence-corrected chi connectivity index (χ2v) is 8.34. The van der Waals surface area contributed by atoms with E-state index in [1.807, 2.05) is 13.0 Å². The lowest BCUT2D eigenvalue weighted by molar-refractivity contribution is 0.374. The van der Waals surface area contributed by atoms with Gasteiger partial charge in [-0.15, -0.1) is 5.10 Å². The number of anilines is 2. The fourth-order valence-electron chi connectivity index (χ4n) is 4.69. The van der Waals surface area contributed by atoms with Gasteiger partial charge in [-0.1, -0.05) is 0 Å². The van der Waals surface area contributed by atoms with Gasteiger partial charge >= 0.3 is 6.01 Å². The highest BCUT2D eigenvalue weighted by atomic mass is 19.1. The second-order valence-electron chi connectivity index (χ2n) is 8.34. The van der Waals surface area contributed by atoms with Crippen molar-refractivity contribution in [1.82, 2.24) is 24.7 Å². The van der Waals surface area contributed by atoms with E-state index in [0.29, 0.717) is 11.8 Å². The zero-order valence-corrected chi connectivity index (χ0v) is 17.8. The first-order chi connectivity index (χ1) is 16.0. The number of nitrogens with one attached hydrogen (secondary N) is 1. The third-order valence-corrected chi connectivity index (χ3v) is 6.09. The number of piperidine rings is 1. The summed E-state index contributed by atoms with van der Waals surface area (Å²) >= 11 is 0. The Morgan fingerprint density at radius 2 is 1.79 bits per heavy atom. The molecule has 0 unspecified atom stereocenters. The number of aryl methyl sites for hydroxylation is 1. The van der Waals surface area contributed by atoms with Gasteiger partial charge in [-0.3, -0.25) is 0 Å². The molecule has 1 saturated heterocycles. The van der Waals surface area contributed by atoms with E-state index in [1.165, 1.54) is 0 Å². The zero-order chi connectivity index (χ0) is 22.9. The van der Waals surface area contributed by atoms with Gasteiger partial charge in [-0.05, 0) is 31.6 Å². The van der Waals surface area contributed by atoms with E-state index in [1.54, 1.807) is 6.33 Å². The number of aromatic nitrogens is 5. The Morgan fingerprint density at radius 3 is 2.45 bits per heavy atom. The molecular formula is C22H22F3N7O. The second kappa shape index (κ2) is 8.72. The molecule has 1 saturated carbocycles. The van der Waals surface area contributed by atoms with Gasteiger partial charge in [0, 0.05) is 49.1 Å². The molecule has 33 heavy (non-hydrogen) atoms. The lowest BCUT2D eigenvalue weighted by Crippen LogP contribution is -2.48. The number of ether oxygens (including phenoxy) is 1. The SMILES string of the molecule is Cc1cc(N2C[C@H]3CC[C@@H](C2)[C@H]3Nc2nc(Oc3cc(F)cc(F)c3)n(/C=C/F)n2)ncn1. The van der Waals surface area contributed by atoms with Crippen molar-refractivity contribution < 1.29 is 17.9 Å². The summed E-state index contributed by atoms with van der Waals surface area (Å²) in [6.45, 7) is 3.61. The predicted molar refractivity (Wildman–Crippen MR) is 115 cm³/mol. The van der Waals surface area contributed by atoms with Gasteiger partial charge in [0.1, 0.15) is 35.9 Å². The lowest BCUT2D eigenvalue weighted by Gasteiger charge is -2.38. The third-order valence-electron chi connectivity index (χ3n) is 6.09. The van der Waals surface area contributed by atoms with Crippen LogP contribution in [0.2, 0.25) is 0 Å². The molecule has 11 heteroatoms. The maximum absolute atomic E-state index is 13.5. The van der Waals surface area contributed by atoms with Crippen LogP contribution in [0.5, 0.6) is 11.8 Å². The van der Waals surface area contributed by atoms with E-state index in [2.05, 4.69) is 30.3 Å². The topological polar surface area (TPSA) is 81.0 Å². The Kier molecular flexibility index (Phi) is 5.61. The minimum Gasteiger partial charge on any atom is -0.424 e. The van der Waals surface area contributed by atoms with Gasteiger partial charge in [-0.25, -0.2) is 23.1 Å². The van der Waals surface area contributed by atoms with Gasteiger partial charge in [0.2, 0.25) is 5.95 Å². The van der Waals surface area contributed by atoms with E-state index in [9.17, 15) is 13.2 Å². The molecule has 8 nitrogen and oxygen atoms in total. The molecule has 3 heterocycles. The van der Waals surface area contributed by atoms with Crippen molar-refractivity contribution in [1.29, 1.82) is 0 Å². The maximum atomic E-state index is 13.5. The predicted octanol–water partition coefficient (Wildman–Crippen LogP) is 4.17. The third kappa shape index (κ3) is 4.48. The number of fused-ring (bicyclic) bond motifs is 2. The molecule has 3 atom stereocenters. The van der Waals surface area contributed by atoms with Crippen LogP contribution in [0.25, 0.3) is 6.20 Å². The monoisotopic (exact) mass is 457 g/mol. The van der Waals surface area contributed by atoms with Crippen molar-refractivity contribution in [2.24, 2.45) is 11.8 Å². The van der Waals surface area contributed by atoms with Crippen LogP contribution in [0.4, 0.5) is 24.9 Å². The first-order valence-corrected chi connectivity index (χ1v) is 10.7. The molecule has 2 bridgehead atoms. The molecule has 3 aromatic rings. The summed E-state index contributed by atoms with van der Waals surface area (Å²) in [4.78, 5) is 15.1. The van der Waals surface area contributed by atoms with E-state index in [0.717, 1.165) is 66.5 Å². The molecule has 2 aliphatic rings. The standard InChI is InChI=1S/C22H22F3N7O/c1-13-6-19(27-12-26-13)31-10-14-2-3-15(11-31)20(14)28-21-29-22(32(30-21)5-4-23)33-18-8-16(24)7-17(25)9-18/h4-9,12,14-15,20H,2-3,10-11H2,1H3,(H,28,30)/b5-4+/t14-,15+,20+. The summed E-state index contributed by atoms with van der Waals surface area (Å²) in [5, 5.41) is 7.61. The molecule has 5 rings (SSSR count). The zero-order valence-electron chi connectivity index (χ0n) is 17.8. The fraction of sp³-hybridized carbons (Fsp3) is 0.364. The Balaban J connectivity index is 1.33. The van der Waals surface area contributed by atoms with Crippen molar-refractivity contribution in [3.8, 4) is 11.8 Å². The Bertz CT molecular complexity index is 1150. The molecule has 172 valence electrons. The van der Waals surface area contributed by atoms with E-state index in [-0.39, 0.29) is 30.1 Å². The molecular weight excluding hydrogens is 435 g/mol. The summed E-state index contributed by atoms with van der Waals surface area (Å²) in [5.74, 6) is 0.192. The highest BCUT2D eigenvalue weighted by Crippen LogP contribution is 2.39. The molecule has 0 spiro atoms. The van der Waals surface area contributed by atoms with E-state index in [4.69, 9.17) is 4.74 Å². The lowest BCUT2D eigenvalue weighted by atomic mass is 9.92. The van der Waals surface area contributed by atoms with Crippen molar-refractivity contribution >= 4 is 18.0 Å². The van der Waals surface area contributed by atoms with Crippen LogP contribution in [0.1, 0.15) is 18.5 Å². The van der Waals surface area contributed by atoms with Gasteiger partial charge in [0.25, 0.3) is 0 Å². The number of hydrogen-bond donors (Lipinski definition) is 1. The van der Waals surface area contributed by atoms with Gasteiger partial charge in [0.15, 0.2) is 0 Å². The van der Waals surface area contributed by atoms with Crippen molar-refractivity contribution in [3.05, 3.63) is 54.3 Å². The van der Waals surface area contributed by atoms with E-state index < -0.39 is 11.6 Å². The molecule has 1 aliphatic heterocycles. The summed E-state index contributed by atoms with van der Waals surface area (Å²) < 4.78 is 46.4. The van der Waals surface area contributed by atoms with Crippen LogP contribution < -0.4 is 15.0 Å². The molecule has 1 aromatic carbocycles. The van der Waals surface area contributed by atoms with Crippen LogP contribution >= 0.6 is 0 Å². The smallest absolute Gasteiger partial charge is 0.326 e. The summed E-state index contributed by atoms with van der Waals surface area (Å²) in [6.07, 6.45) is 4.99. The summed E-state index contributed by atoms with van der Waals surface area (Å²) in [6, 6.07) is 4.76. The van der Waals surface area contributed by atoms with Crippen molar-refractivity contribution in [3.63, 3.8) is 0 Å². The number of benzene rings is 1. The number of halogens is 3. The molecule has 0 amide bonds. The first kappa shape index (κ1) is 21.2. The first-order valence-electron chi connectivity index (χ1n) is 10.7.